The van der Waals surface area contributed by atoms with E-state index >= 15 is 0 Å². The lowest BCUT2D eigenvalue weighted by Crippen LogP contribution is -2.57. The van der Waals surface area contributed by atoms with Gasteiger partial charge in [0.1, 0.15) is 18.2 Å². The Labute approximate surface area is 146 Å². The van der Waals surface area contributed by atoms with Crippen molar-refractivity contribution in [1.29, 1.82) is 0 Å². The van der Waals surface area contributed by atoms with Crippen LogP contribution in [0.25, 0.3) is 5.82 Å². The fourth-order valence-electron chi connectivity index (χ4n) is 3.83. The lowest BCUT2D eigenvalue weighted by atomic mass is 9.85. The maximum absolute atomic E-state index is 12.8. The molecule has 0 N–H and O–H groups in total. The van der Waals surface area contributed by atoms with Crippen molar-refractivity contribution in [3.8, 4) is 5.82 Å². The summed E-state index contributed by atoms with van der Waals surface area (Å²) in [6.07, 6.45) is 9.62. The number of carbonyl (C=O) groups is 1. The number of ether oxygens (including phenoxy) is 2. The van der Waals surface area contributed by atoms with Crippen LogP contribution in [0.15, 0.2) is 37.1 Å². The molecule has 132 valence electrons. The normalized spacial score (nSPS) is 26.3. The van der Waals surface area contributed by atoms with Gasteiger partial charge in [0, 0.05) is 45.4 Å². The fraction of sp³-hybridized carbons (Fsp3) is 0.500. The molecule has 2 saturated heterocycles. The average Bonchev–Trinajstić information content (AvgIpc) is 3.34. The SMILES string of the molecule is CO[C@H]1CN(C(=O)c2ccc(-n3ccnc3)nc2)CC[C@@]12CCCO2. The van der Waals surface area contributed by atoms with Gasteiger partial charge in [-0.2, -0.15) is 0 Å². The van der Waals surface area contributed by atoms with E-state index in [1.54, 1.807) is 30.4 Å². The lowest BCUT2D eigenvalue weighted by molar-refractivity contribution is -0.136. The zero-order chi connectivity index (χ0) is 17.3. The Kier molecular flexibility index (Phi) is 4.27. The molecule has 0 bridgehead atoms. The van der Waals surface area contributed by atoms with Gasteiger partial charge in [0.05, 0.1) is 11.2 Å². The topological polar surface area (TPSA) is 69.5 Å². The van der Waals surface area contributed by atoms with Crippen molar-refractivity contribution in [1.82, 2.24) is 19.4 Å². The Bertz CT molecular complexity index is 723. The summed E-state index contributed by atoms with van der Waals surface area (Å²) in [5.41, 5.74) is 0.372. The molecule has 0 aromatic carbocycles. The Morgan fingerprint density at radius 3 is 2.96 bits per heavy atom. The molecule has 1 spiro atoms. The number of hydrogen-bond acceptors (Lipinski definition) is 5. The molecule has 0 radical (unpaired) electrons. The summed E-state index contributed by atoms with van der Waals surface area (Å²) in [7, 11) is 1.70. The van der Waals surface area contributed by atoms with Gasteiger partial charge in [-0.15, -0.1) is 0 Å². The first-order valence-corrected chi connectivity index (χ1v) is 8.62. The number of amides is 1. The quantitative estimate of drug-likeness (QED) is 0.849. The smallest absolute Gasteiger partial charge is 0.255 e. The highest BCUT2D eigenvalue weighted by Crippen LogP contribution is 2.37. The van der Waals surface area contributed by atoms with Crippen LogP contribution >= 0.6 is 0 Å². The summed E-state index contributed by atoms with van der Waals surface area (Å²) >= 11 is 0. The summed E-state index contributed by atoms with van der Waals surface area (Å²) in [4.78, 5) is 23.0. The van der Waals surface area contributed by atoms with Gasteiger partial charge in [-0.3, -0.25) is 9.36 Å². The van der Waals surface area contributed by atoms with Crippen LogP contribution < -0.4 is 0 Å². The first kappa shape index (κ1) is 16.2. The minimum atomic E-state index is -0.213. The van der Waals surface area contributed by atoms with Crippen LogP contribution in [0.2, 0.25) is 0 Å². The van der Waals surface area contributed by atoms with E-state index in [1.165, 1.54) is 0 Å². The number of methoxy groups -OCH3 is 1. The molecule has 0 aliphatic carbocycles. The van der Waals surface area contributed by atoms with Gasteiger partial charge >= 0.3 is 0 Å². The Morgan fingerprint density at radius 2 is 2.32 bits per heavy atom. The minimum Gasteiger partial charge on any atom is -0.377 e. The van der Waals surface area contributed by atoms with E-state index < -0.39 is 0 Å². The number of nitrogens with zero attached hydrogens (tertiary/aromatic N) is 4. The number of likely N-dealkylation sites (tertiary alicyclic amines) is 1. The van der Waals surface area contributed by atoms with Crippen LogP contribution in [-0.4, -0.2) is 63.9 Å². The number of pyridine rings is 1. The van der Waals surface area contributed by atoms with Crippen molar-refractivity contribution in [2.45, 2.75) is 31.0 Å². The third-order valence-electron chi connectivity index (χ3n) is 5.25. The van der Waals surface area contributed by atoms with Crippen LogP contribution in [-0.2, 0) is 9.47 Å². The number of hydrogen-bond donors (Lipinski definition) is 0. The molecule has 2 aliphatic rings. The third kappa shape index (κ3) is 2.94. The number of aromatic nitrogens is 3. The molecule has 25 heavy (non-hydrogen) atoms. The van der Waals surface area contributed by atoms with Crippen molar-refractivity contribution in [2.75, 3.05) is 26.8 Å². The van der Waals surface area contributed by atoms with E-state index in [0.29, 0.717) is 18.7 Å². The molecule has 0 unspecified atom stereocenters. The zero-order valence-corrected chi connectivity index (χ0v) is 14.3. The molecule has 2 fully saturated rings. The largest absolute Gasteiger partial charge is 0.377 e. The van der Waals surface area contributed by atoms with Crippen molar-refractivity contribution in [2.24, 2.45) is 0 Å². The van der Waals surface area contributed by atoms with E-state index in [-0.39, 0.29) is 17.6 Å². The van der Waals surface area contributed by atoms with E-state index in [2.05, 4.69) is 9.97 Å². The van der Waals surface area contributed by atoms with Crippen LogP contribution in [0.3, 0.4) is 0 Å². The fourth-order valence-corrected chi connectivity index (χ4v) is 3.83. The summed E-state index contributed by atoms with van der Waals surface area (Å²) in [5, 5.41) is 0. The molecular formula is C18H22N4O3. The summed E-state index contributed by atoms with van der Waals surface area (Å²) in [6.45, 7) is 2.02. The van der Waals surface area contributed by atoms with Crippen molar-refractivity contribution in [3.05, 3.63) is 42.6 Å². The Hall–Kier alpha value is -2.25. The zero-order valence-electron chi connectivity index (χ0n) is 14.3. The van der Waals surface area contributed by atoms with Gasteiger partial charge < -0.3 is 14.4 Å². The monoisotopic (exact) mass is 342 g/mol. The van der Waals surface area contributed by atoms with E-state index in [9.17, 15) is 4.79 Å². The molecule has 0 saturated carbocycles. The standard InChI is InChI=1S/C18H22N4O3/c1-24-15-12-21(8-6-18(15)5-2-10-25-18)17(23)14-3-4-16(20-11-14)22-9-7-19-13-22/h3-4,7,9,11,13,15H,2,5-6,8,10,12H2,1H3/t15-,18-/m0/s1. The molecule has 2 aromatic heterocycles. The van der Waals surface area contributed by atoms with Crippen LogP contribution in [0, 0.1) is 0 Å². The lowest BCUT2D eigenvalue weighted by Gasteiger charge is -2.44. The molecule has 4 heterocycles. The van der Waals surface area contributed by atoms with Crippen LogP contribution in [0.1, 0.15) is 29.6 Å². The summed E-state index contributed by atoms with van der Waals surface area (Å²) in [5.74, 6) is 0.723. The second kappa shape index (κ2) is 6.57. The van der Waals surface area contributed by atoms with Crippen molar-refractivity contribution < 1.29 is 14.3 Å². The second-order valence-corrected chi connectivity index (χ2v) is 6.62. The Morgan fingerprint density at radius 1 is 1.40 bits per heavy atom. The number of carbonyl (C=O) groups excluding carboxylic acids is 1. The van der Waals surface area contributed by atoms with E-state index in [1.807, 2.05) is 23.2 Å². The van der Waals surface area contributed by atoms with Gasteiger partial charge in [-0.05, 0) is 31.4 Å². The maximum atomic E-state index is 12.8. The molecule has 2 aromatic rings. The maximum Gasteiger partial charge on any atom is 0.255 e. The minimum absolute atomic E-state index is 0.0143. The molecular weight excluding hydrogens is 320 g/mol. The van der Waals surface area contributed by atoms with Crippen molar-refractivity contribution >= 4 is 5.91 Å². The summed E-state index contributed by atoms with van der Waals surface area (Å²) in [6, 6.07) is 3.64. The molecule has 2 aliphatic heterocycles. The molecule has 4 rings (SSSR count). The molecule has 7 heteroatoms. The molecule has 1 amide bonds. The first-order chi connectivity index (χ1) is 12.2. The number of imidazole rings is 1. The van der Waals surface area contributed by atoms with Gasteiger partial charge in [-0.25, -0.2) is 9.97 Å². The predicted molar refractivity (Wildman–Crippen MR) is 90.6 cm³/mol. The van der Waals surface area contributed by atoms with Gasteiger partial charge in [0.2, 0.25) is 0 Å². The molecule has 2 atom stereocenters. The predicted octanol–water partition coefficient (Wildman–Crippen LogP) is 1.68. The van der Waals surface area contributed by atoms with Gasteiger partial charge in [0.15, 0.2) is 0 Å². The Balaban J connectivity index is 1.48. The van der Waals surface area contributed by atoms with E-state index in [0.717, 1.165) is 31.7 Å². The highest BCUT2D eigenvalue weighted by Gasteiger charge is 2.47. The highest BCUT2D eigenvalue weighted by atomic mass is 16.5. The van der Waals surface area contributed by atoms with Crippen molar-refractivity contribution in [3.63, 3.8) is 0 Å². The van der Waals surface area contributed by atoms with Crippen LogP contribution in [0.5, 0.6) is 0 Å². The van der Waals surface area contributed by atoms with Crippen LogP contribution in [0.4, 0.5) is 0 Å². The molecule has 7 nitrogen and oxygen atoms in total. The van der Waals surface area contributed by atoms with Gasteiger partial charge in [0.25, 0.3) is 5.91 Å². The van der Waals surface area contributed by atoms with E-state index in [4.69, 9.17) is 9.47 Å². The average molecular weight is 342 g/mol. The first-order valence-electron chi connectivity index (χ1n) is 8.62. The number of rotatable bonds is 3. The number of piperidine rings is 1. The summed E-state index contributed by atoms with van der Waals surface area (Å²) < 4.78 is 13.5. The second-order valence-electron chi connectivity index (χ2n) is 6.62. The highest BCUT2D eigenvalue weighted by molar-refractivity contribution is 5.94. The van der Waals surface area contributed by atoms with Gasteiger partial charge in [-0.1, -0.05) is 0 Å². The third-order valence-corrected chi connectivity index (χ3v) is 5.25.